The van der Waals surface area contributed by atoms with Crippen molar-refractivity contribution in [3.63, 3.8) is 0 Å². The van der Waals surface area contributed by atoms with Crippen LogP contribution in [0.1, 0.15) is 81.1 Å². The van der Waals surface area contributed by atoms with Crippen LogP contribution >= 0.6 is 0 Å². The summed E-state index contributed by atoms with van der Waals surface area (Å²) in [5, 5.41) is 10.8. The number of carbonyl (C=O) groups is 2. The summed E-state index contributed by atoms with van der Waals surface area (Å²) >= 11 is 0. The van der Waals surface area contributed by atoms with E-state index in [2.05, 4.69) is 13.8 Å². The van der Waals surface area contributed by atoms with Crippen LogP contribution in [0.2, 0.25) is 0 Å². The van der Waals surface area contributed by atoms with Gasteiger partial charge in [0.15, 0.2) is 5.78 Å². The molecule has 0 amide bonds. The molecule has 0 saturated carbocycles. The van der Waals surface area contributed by atoms with Crippen molar-refractivity contribution in [1.29, 1.82) is 0 Å². The van der Waals surface area contributed by atoms with Crippen molar-refractivity contribution in [1.82, 2.24) is 0 Å². The number of unbranched alkanes of at least 4 members (excludes halogenated alkanes) is 4. The van der Waals surface area contributed by atoms with Gasteiger partial charge in [-0.1, -0.05) is 82.0 Å². The van der Waals surface area contributed by atoms with Crippen molar-refractivity contribution in [2.45, 2.75) is 65.2 Å². The van der Waals surface area contributed by atoms with Gasteiger partial charge in [-0.25, -0.2) is 0 Å². The topological polar surface area (TPSA) is 77.3 Å². The number of hydrogen-bond acceptors (Lipinski definition) is 4. The van der Waals surface area contributed by atoms with Crippen molar-refractivity contribution in [2.24, 2.45) is 0 Å². The Morgan fingerprint density at radius 1 is 0.793 bits per heavy atom. The Hall–Kier alpha value is -2.82. The third kappa shape index (κ3) is 9.28. The van der Waals surface area contributed by atoms with E-state index in [0.717, 1.165) is 25.7 Å². The van der Waals surface area contributed by atoms with Crippen molar-refractivity contribution in [3.05, 3.63) is 75.8 Å². The van der Waals surface area contributed by atoms with Gasteiger partial charge in [0, 0.05) is 24.5 Å². The highest BCUT2D eigenvalue weighted by atomic mass is 16.6. The van der Waals surface area contributed by atoms with E-state index in [4.69, 9.17) is 0 Å². The summed E-state index contributed by atoms with van der Waals surface area (Å²) in [7, 11) is 0. The van der Waals surface area contributed by atoms with Crippen LogP contribution in [-0.4, -0.2) is 16.5 Å². The van der Waals surface area contributed by atoms with Gasteiger partial charge in [-0.2, -0.15) is 0 Å². The highest BCUT2D eigenvalue weighted by Gasteiger charge is 2.19. The molecule has 2 aromatic rings. The summed E-state index contributed by atoms with van der Waals surface area (Å²) in [5.74, 6) is 0.134. The molecule has 0 heterocycles. The number of hydrogen-bond donors (Lipinski definition) is 0. The van der Waals surface area contributed by atoms with E-state index in [0.29, 0.717) is 11.3 Å². The second-order valence-corrected chi connectivity index (χ2v) is 6.92. The van der Waals surface area contributed by atoms with Crippen LogP contribution < -0.4 is 0 Å². The smallest absolute Gasteiger partial charge is 0.280 e. The van der Waals surface area contributed by atoms with Gasteiger partial charge < -0.3 is 0 Å². The molecule has 5 heteroatoms. The molecule has 0 fully saturated rings. The first kappa shape index (κ1) is 24.2. The highest BCUT2D eigenvalue weighted by Crippen LogP contribution is 2.21. The van der Waals surface area contributed by atoms with E-state index in [-0.39, 0.29) is 17.0 Å². The van der Waals surface area contributed by atoms with Gasteiger partial charge in [0.05, 0.1) is 4.92 Å². The zero-order chi connectivity index (χ0) is 21.5. The first-order valence-electron chi connectivity index (χ1n) is 10.4. The Bertz CT molecular complexity index is 759. The molecule has 0 aliphatic rings. The third-order valence-corrected chi connectivity index (χ3v) is 4.50. The third-order valence-electron chi connectivity index (χ3n) is 4.50. The second kappa shape index (κ2) is 14.2. The molecular weight excluding hydrogens is 366 g/mol. The van der Waals surface area contributed by atoms with Crippen molar-refractivity contribution >= 4 is 17.3 Å². The Kier molecular flexibility index (Phi) is 11.9. The van der Waals surface area contributed by atoms with Crippen LogP contribution in [0.25, 0.3) is 0 Å². The summed E-state index contributed by atoms with van der Waals surface area (Å²) in [5.41, 5.74) is 0.395. The largest absolute Gasteiger partial charge is 0.300 e. The fourth-order valence-electron chi connectivity index (χ4n) is 2.84. The van der Waals surface area contributed by atoms with E-state index in [9.17, 15) is 19.7 Å². The number of carbonyl (C=O) groups excluding carboxylic acids is 2. The molecule has 0 aliphatic heterocycles. The summed E-state index contributed by atoms with van der Waals surface area (Å²) in [6.07, 6.45) is 8.67. The predicted molar refractivity (Wildman–Crippen MR) is 116 cm³/mol. The minimum atomic E-state index is -0.545. The number of nitrogens with zero attached hydrogens (tertiary/aromatic N) is 1. The van der Waals surface area contributed by atoms with Crippen molar-refractivity contribution in [3.8, 4) is 0 Å². The molecular formula is C24H31NO4. The first-order chi connectivity index (χ1) is 14.0. The average molecular weight is 398 g/mol. The lowest BCUT2D eigenvalue weighted by atomic mass is 10.0. The Morgan fingerprint density at radius 2 is 1.31 bits per heavy atom. The van der Waals surface area contributed by atoms with Gasteiger partial charge in [0.2, 0.25) is 0 Å². The lowest BCUT2D eigenvalue weighted by molar-refractivity contribution is -0.385. The van der Waals surface area contributed by atoms with E-state index in [1.807, 2.05) is 0 Å². The Morgan fingerprint density at radius 3 is 1.83 bits per heavy atom. The molecule has 0 N–H and O–H groups in total. The Balaban J connectivity index is 0.000000311. The Labute approximate surface area is 173 Å². The SMILES string of the molecule is CCCCCC(=O)CCCCC.O=C(c1ccccc1)c1ccccc1[N+](=O)[O-]. The maximum absolute atomic E-state index is 12.1. The van der Waals surface area contributed by atoms with E-state index in [1.54, 1.807) is 42.5 Å². The van der Waals surface area contributed by atoms with Gasteiger partial charge in [0.25, 0.3) is 5.69 Å². The molecule has 5 nitrogen and oxygen atoms in total. The van der Waals surface area contributed by atoms with E-state index < -0.39 is 4.92 Å². The summed E-state index contributed by atoms with van der Waals surface area (Å²) in [6.45, 7) is 4.34. The molecule has 2 aromatic carbocycles. The maximum atomic E-state index is 12.1. The molecule has 156 valence electrons. The first-order valence-corrected chi connectivity index (χ1v) is 10.4. The van der Waals surface area contributed by atoms with Crippen LogP contribution in [0.5, 0.6) is 0 Å². The number of Topliss-reactive ketones (excluding diaryl/α,β-unsaturated/α-hetero) is 1. The predicted octanol–water partition coefficient (Wildman–Crippen LogP) is 6.54. The molecule has 0 bridgehead atoms. The second-order valence-electron chi connectivity index (χ2n) is 6.92. The zero-order valence-corrected chi connectivity index (χ0v) is 17.4. The molecule has 0 aliphatic carbocycles. The molecule has 0 spiro atoms. The van der Waals surface area contributed by atoms with Gasteiger partial charge in [-0.15, -0.1) is 0 Å². The van der Waals surface area contributed by atoms with Crippen LogP contribution in [0.4, 0.5) is 5.69 Å². The molecule has 0 aromatic heterocycles. The van der Waals surface area contributed by atoms with Gasteiger partial charge in [-0.3, -0.25) is 19.7 Å². The van der Waals surface area contributed by atoms with Crippen molar-refractivity contribution < 1.29 is 14.5 Å². The van der Waals surface area contributed by atoms with Crippen LogP contribution in [-0.2, 0) is 4.79 Å². The quantitative estimate of drug-likeness (QED) is 0.187. The standard InChI is InChI=1S/C13H9NO3.C11H22O/c15-13(10-6-2-1-3-7-10)11-8-4-5-9-12(11)14(16)17;1-3-5-7-9-11(12)10-8-6-4-2/h1-9H;3-10H2,1-2H3. The molecule has 0 atom stereocenters. The fourth-order valence-corrected chi connectivity index (χ4v) is 2.84. The number of nitro groups is 1. The normalized spacial score (nSPS) is 10.0. The molecule has 29 heavy (non-hydrogen) atoms. The maximum Gasteiger partial charge on any atom is 0.280 e. The van der Waals surface area contributed by atoms with Crippen molar-refractivity contribution in [2.75, 3.05) is 0 Å². The zero-order valence-electron chi connectivity index (χ0n) is 17.4. The van der Waals surface area contributed by atoms with E-state index >= 15 is 0 Å². The highest BCUT2D eigenvalue weighted by molar-refractivity contribution is 6.11. The minimum Gasteiger partial charge on any atom is -0.300 e. The molecule has 0 radical (unpaired) electrons. The fraction of sp³-hybridized carbons (Fsp3) is 0.417. The average Bonchev–Trinajstić information content (AvgIpc) is 2.74. The summed E-state index contributed by atoms with van der Waals surface area (Å²) < 4.78 is 0. The lowest BCUT2D eigenvalue weighted by Crippen LogP contribution is -2.04. The molecule has 2 rings (SSSR count). The van der Waals surface area contributed by atoms with Crippen LogP contribution in [0, 0.1) is 10.1 Å². The number of ketones is 2. The van der Waals surface area contributed by atoms with Gasteiger partial charge >= 0.3 is 0 Å². The summed E-state index contributed by atoms with van der Waals surface area (Å²) in [6, 6.07) is 14.5. The number of nitro benzene ring substituents is 1. The van der Waals surface area contributed by atoms with Gasteiger partial charge in [0.1, 0.15) is 11.3 Å². The minimum absolute atomic E-state index is 0.115. The number of rotatable bonds is 11. The monoisotopic (exact) mass is 397 g/mol. The molecule has 0 saturated heterocycles. The van der Waals surface area contributed by atoms with Crippen LogP contribution in [0.3, 0.4) is 0 Å². The van der Waals surface area contributed by atoms with Gasteiger partial charge in [-0.05, 0) is 18.9 Å². The number of benzene rings is 2. The molecule has 0 unspecified atom stereocenters. The van der Waals surface area contributed by atoms with E-state index in [1.165, 1.54) is 37.8 Å². The van der Waals surface area contributed by atoms with Crippen LogP contribution in [0.15, 0.2) is 54.6 Å². The lowest BCUT2D eigenvalue weighted by Gasteiger charge is -2.01. The summed E-state index contributed by atoms with van der Waals surface area (Å²) in [4.78, 5) is 33.5. The number of para-hydroxylation sites is 1.